The highest BCUT2D eigenvalue weighted by Crippen LogP contribution is 2.53. The first-order valence-corrected chi connectivity index (χ1v) is 6.75. The Morgan fingerprint density at radius 2 is 1.70 bits per heavy atom. The third-order valence-corrected chi connectivity index (χ3v) is 3.51. The molecule has 1 aliphatic rings. The van der Waals surface area contributed by atoms with Crippen molar-refractivity contribution in [3.63, 3.8) is 0 Å². The van der Waals surface area contributed by atoms with Crippen LogP contribution < -0.4 is 0 Å². The van der Waals surface area contributed by atoms with Crippen molar-refractivity contribution < 1.29 is 13.2 Å². The molecule has 0 fully saturated rings. The minimum absolute atomic E-state index is 0.128. The van der Waals surface area contributed by atoms with Crippen LogP contribution in [0.25, 0.3) is 12.2 Å². The number of alkyl halides is 3. The summed E-state index contributed by atoms with van der Waals surface area (Å²) in [5.41, 5.74) is -1.35. The molecule has 0 aromatic heterocycles. The van der Waals surface area contributed by atoms with Gasteiger partial charge in [0.05, 0.1) is 11.6 Å². The predicted molar refractivity (Wildman–Crippen MR) is 79.1 cm³/mol. The lowest BCUT2D eigenvalue weighted by Gasteiger charge is -2.17. The molecule has 0 N–H and O–H groups in total. The predicted octanol–water partition coefficient (Wildman–Crippen LogP) is 4.91. The molecule has 0 radical (unpaired) electrons. The Morgan fingerprint density at radius 3 is 2.26 bits per heavy atom. The summed E-state index contributed by atoms with van der Waals surface area (Å²) in [6.45, 7) is 0. The first-order valence-electron chi connectivity index (χ1n) is 6.75. The van der Waals surface area contributed by atoms with E-state index in [1.54, 1.807) is 12.2 Å². The Bertz CT molecular complexity index is 824. The molecule has 2 aromatic carbocycles. The molecular formula is C17H10F3N3. The maximum atomic E-state index is 13.3. The zero-order valence-corrected chi connectivity index (χ0v) is 11.7. The van der Waals surface area contributed by atoms with Gasteiger partial charge in [0.2, 0.25) is 0 Å². The molecule has 3 rings (SSSR count). The van der Waals surface area contributed by atoms with E-state index in [2.05, 4.69) is 10.2 Å². The zero-order valence-electron chi connectivity index (χ0n) is 11.7. The van der Waals surface area contributed by atoms with Gasteiger partial charge in [-0.05, 0) is 23.3 Å². The van der Waals surface area contributed by atoms with Crippen molar-refractivity contribution in [2.75, 3.05) is 0 Å². The van der Waals surface area contributed by atoms with Gasteiger partial charge in [0, 0.05) is 5.56 Å². The second kappa shape index (κ2) is 5.36. The normalized spacial score (nSPS) is 15.6. The van der Waals surface area contributed by atoms with Crippen molar-refractivity contribution >= 4 is 12.2 Å². The van der Waals surface area contributed by atoms with Gasteiger partial charge < -0.3 is 0 Å². The number of benzene rings is 2. The third-order valence-electron chi connectivity index (χ3n) is 3.51. The van der Waals surface area contributed by atoms with Gasteiger partial charge in [-0.3, -0.25) is 0 Å². The first kappa shape index (κ1) is 15.0. The van der Waals surface area contributed by atoms with Gasteiger partial charge in [0.1, 0.15) is 0 Å². The van der Waals surface area contributed by atoms with Crippen LogP contribution in [0.3, 0.4) is 0 Å². The van der Waals surface area contributed by atoms with E-state index in [1.165, 1.54) is 18.2 Å². The van der Waals surface area contributed by atoms with Gasteiger partial charge in [-0.15, -0.1) is 10.2 Å². The molecule has 23 heavy (non-hydrogen) atoms. The van der Waals surface area contributed by atoms with Crippen molar-refractivity contribution in [1.82, 2.24) is 0 Å². The molecule has 3 nitrogen and oxygen atoms in total. The van der Waals surface area contributed by atoms with Crippen LogP contribution in [0.15, 0.2) is 58.8 Å². The van der Waals surface area contributed by atoms with Gasteiger partial charge in [0.25, 0.3) is 0 Å². The first-order chi connectivity index (χ1) is 11.0. The average molecular weight is 313 g/mol. The highest BCUT2D eigenvalue weighted by Gasteiger charge is 2.65. The molecule has 2 aromatic rings. The monoisotopic (exact) mass is 313 g/mol. The fourth-order valence-corrected chi connectivity index (χ4v) is 2.25. The summed E-state index contributed by atoms with van der Waals surface area (Å²) in [5, 5.41) is 15.4. The summed E-state index contributed by atoms with van der Waals surface area (Å²) in [6.07, 6.45) is -1.35. The Morgan fingerprint density at radius 1 is 1.00 bits per heavy atom. The molecule has 0 aliphatic carbocycles. The molecule has 0 saturated carbocycles. The molecule has 0 amide bonds. The highest BCUT2D eigenvalue weighted by atomic mass is 19.4. The second-order valence-corrected chi connectivity index (χ2v) is 5.03. The topological polar surface area (TPSA) is 48.5 Å². The van der Waals surface area contributed by atoms with Crippen molar-refractivity contribution in [2.45, 2.75) is 11.8 Å². The van der Waals surface area contributed by atoms with Crippen LogP contribution in [-0.4, -0.2) is 6.18 Å². The van der Waals surface area contributed by atoms with Crippen LogP contribution in [0.5, 0.6) is 0 Å². The Kier molecular flexibility index (Phi) is 3.49. The molecule has 0 atom stereocenters. The highest BCUT2D eigenvalue weighted by molar-refractivity contribution is 5.72. The van der Waals surface area contributed by atoms with Gasteiger partial charge in [-0.2, -0.15) is 18.4 Å². The Hall–Kier alpha value is -2.94. The minimum atomic E-state index is -4.63. The molecule has 6 heteroatoms. The van der Waals surface area contributed by atoms with E-state index in [4.69, 9.17) is 5.26 Å². The summed E-state index contributed by atoms with van der Waals surface area (Å²) in [7, 11) is 0. The van der Waals surface area contributed by atoms with Gasteiger partial charge in [-0.25, -0.2) is 0 Å². The minimum Gasteiger partial charge on any atom is -0.192 e. The number of rotatable bonds is 3. The number of hydrogen-bond donors (Lipinski definition) is 0. The summed E-state index contributed by atoms with van der Waals surface area (Å²) < 4.78 is 39.8. The Balaban J connectivity index is 2.05. The molecule has 1 aliphatic heterocycles. The maximum Gasteiger partial charge on any atom is 0.442 e. The fourth-order valence-electron chi connectivity index (χ4n) is 2.25. The fraction of sp³-hybridized carbons (Fsp3) is 0.118. The van der Waals surface area contributed by atoms with Crippen molar-refractivity contribution in [2.24, 2.45) is 10.2 Å². The van der Waals surface area contributed by atoms with E-state index < -0.39 is 11.8 Å². The summed E-state index contributed by atoms with van der Waals surface area (Å²) in [5.74, 6) is 0. The van der Waals surface area contributed by atoms with Crippen molar-refractivity contribution in [3.05, 3.63) is 70.8 Å². The molecular weight excluding hydrogens is 303 g/mol. The SMILES string of the molecule is N#Cc1ccc(/C=C/c2ccccc2)c(C2(C(F)(F)F)N=N2)c1. The van der Waals surface area contributed by atoms with E-state index in [0.717, 1.165) is 5.56 Å². The van der Waals surface area contributed by atoms with E-state index in [1.807, 2.05) is 36.4 Å². The smallest absolute Gasteiger partial charge is 0.192 e. The van der Waals surface area contributed by atoms with Gasteiger partial charge >= 0.3 is 11.8 Å². The second-order valence-electron chi connectivity index (χ2n) is 5.03. The lowest BCUT2D eigenvalue weighted by molar-refractivity contribution is -0.166. The quantitative estimate of drug-likeness (QED) is 0.743. The lowest BCUT2D eigenvalue weighted by atomic mass is 9.94. The van der Waals surface area contributed by atoms with E-state index in [0.29, 0.717) is 5.56 Å². The molecule has 0 saturated heterocycles. The van der Waals surface area contributed by atoms with Gasteiger partial charge in [-0.1, -0.05) is 48.6 Å². The van der Waals surface area contributed by atoms with Crippen LogP contribution >= 0.6 is 0 Å². The molecule has 0 bridgehead atoms. The molecule has 0 spiro atoms. The number of halogens is 3. The molecule has 1 heterocycles. The zero-order chi connectivity index (χ0) is 16.5. The van der Waals surface area contributed by atoms with E-state index >= 15 is 0 Å². The summed E-state index contributed by atoms with van der Waals surface area (Å²) in [6, 6.07) is 15.2. The number of nitriles is 1. The van der Waals surface area contributed by atoms with E-state index in [9.17, 15) is 13.2 Å². The molecule has 0 unspecified atom stereocenters. The average Bonchev–Trinajstić information content (AvgIpc) is 3.35. The Labute approximate surface area is 130 Å². The van der Waals surface area contributed by atoms with Crippen LogP contribution in [0.4, 0.5) is 13.2 Å². The number of nitrogens with zero attached hydrogens (tertiary/aromatic N) is 3. The van der Waals surface area contributed by atoms with Gasteiger partial charge in [0.15, 0.2) is 0 Å². The number of hydrogen-bond acceptors (Lipinski definition) is 3. The van der Waals surface area contributed by atoms with E-state index in [-0.39, 0.29) is 11.1 Å². The van der Waals surface area contributed by atoms with Crippen LogP contribution in [0.2, 0.25) is 0 Å². The standard InChI is InChI=1S/C17H10F3N3/c18-17(19,20)16(22-23-16)15-10-13(11-21)7-9-14(15)8-6-12-4-2-1-3-5-12/h1-10H/b8-6+. The molecule has 114 valence electrons. The maximum absolute atomic E-state index is 13.3. The van der Waals surface area contributed by atoms with Crippen LogP contribution in [0.1, 0.15) is 22.3 Å². The van der Waals surface area contributed by atoms with Crippen LogP contribution in [-0.2, 0) is 5.66 Å². The van der Waals surface area contributed by atoms with Crippen molar-refractivity contribution in [1.29, 1.82) is 5.26 Å². The van der Waals surface area contributed by atoms with Crippen LogP contribution in [0, 0.1) is 11.3 Å². The summed E-state index contributed by atoms with van der Waals surface area (Å²) in [4.78, 5) is 0. The van der Waals surface area contributed by atoms with Crippen molar-refractivity contribution in [3.8, 4) is 6.07 Å². The summed E-state index contributed by atoms with van der Waals surface area (Å²) >= 11 is 0. The largest absolute Gasteiger partial charge is 0.442 e. The third kappa shape index (κ3) is 2.73. The lowest BCUT2D eigenvalue weighted by Crippen LogP contribution is -2.31.